The minimum atomic E-state index is -0.254. The standard InChI is InChI=1S/C22H28FN3O/c1-25(2)21(14-17-6-4-3-5-7-17)15-24-22(27)26(20-12-13-20)16-18-8-10-19(23)11-9-18/h3-11,20-21H,12-16H2,1-2H3,(H,24,27). The van der Waals surface area contributed by atoms with E-state index in [1.807, 2.05) is 37.2 Å². The van der Waals surface area contributed by atoms with Gasteiger partial charge in [0.05, 0.1) is 0 Å². The van der Waals surface area contributed by atoms with Crippen LogP contribution in [0.3, 0.4) is 0 Å². The van der Waals surface area contributed by atoms with E-state index in [-0.39, 0.29) is 17.9 Å². The third kappa shape index (κ3) is 5.79. The Morgan fingerprint density at radius 3 is 2.33 bits per heavy atom. The summed E-state index contributed by atoms with van der Waals surface area (Å²) in [6, 6.07) is 17.2. The highest BCUT2D eigenvalue weighted by atomic mass is 19.1. The van der Waals surface area contributed by atoms with Crippen LogP contribution in [0, 0.1) is 5.82 Å². The molecular formula is C22H28FN3O. The zero-order chi connectivity index (χ0) is 19.2. The van der Waals surface area contributed by atoms with Crippen LogP contribution in [0.25, 0.3) is 0 Å². The van der Waals surface area contributed by atoms with E-state index in [1.54, 1.807) is 12.1 Å². The fourth-order valence-corrected chi connectivity index (χ4v) is 3.17. The molecule has 27 heavy (non-hydrogen) atoms. The van der Waals surface area contributed by atoms with Crippen molar-refractivity contribution in [2.24, 2.45) is 0 Å². The third-order valence-corrected chi connectivity index (χ3v) is 5.05. The molecule has 1 fully saturated rings. The van der Waals surface area contributed by atoms with Gasteiger partial charge in [-0.15, -0.1) is 0 Å². The van der Waals surface area contributed by atoms with Crippen molar-refractivity contribution < 1.29 is 9.18 Å². The summed E-state index contributed by atoms with van der Waals surface area (Å²) in [6.45, 7) is 1.11. The highest BCUT2D eigenvalue weighted by molar-refractivity contribution is 5.75. The van der Waals surface area contributed by atoms with Crippen molar-refractivity contribution in [2.45, 2.75) is 37.9 Å². The molecule has 3 rings (SSSR count). The highest BCUT2D eigenvalue weighted by Crippen LogP contribution is 2.28. The lowest BCUT2D eigenvalue weighted by Crippen LogP contribution is -2.47. The van der Waals surface area contributed by atoms with Crippen molar-refractivity contribution in [3.05, 3.63) is 71.5 Å². The number of likely N-dealkylation sites (N-methyl/N-ethyl adjacent to an activating group) is 1. The van der Waals surface area contributed by atoms with E-state index in [0.29, 0.717) is 19.1 Å². The van der Waals surface area contributed by atoms with Crippen molar-refractivity contribution in [1.82, 2.24) is 15.1 Å². The molecular weight excluding hydrogens is 341 g/mol. The fraction of sp³-hybridized carbons (Fsp3) is 0.409. The molecule has 2 aromatic carbocycles. The van der Waals surface area contributed by atoms with E-state index in [1.165, 1.54) is 17.7 Å². The smallest absolute Gasteiger partial charge is 0.318 e. The Hall–Kier alpha value is -2.40. The summed E-state index contributed by atoms with van der Waals surface area (Å²) < 4.78 is 13.1. The molecule has 144 valence electrons. The van der Waals surface area contributed by atoms with E-state index in [2.05, 4.69) is 22.3 Å². The van der Waals surface area contributed by atoms with Gasteiger partial charge in [-0.25, -0.2) is 9.18 Å². The summed E-state index contributed by atoms with van der Waals surface area (Å²) in [7, 11) is 4.08. The van der Waals surface area contributed by atoms with E-state index >= 15 is 0 Å². The maximum absolute atomic E-state index is 13.1. The number of nitrogens with one attached hydrogen (secondary N) is 1. The summed E-state index contributed by atoms with van der Waals surface area (Å²) in [5, 5.41) is 3.11. The number of amides is 2. The van der Waals surface area contributed by atoms with Crippen LogP contribution < -0.4 is 5.32 Å². The van der Waals surface area contributed by atoms with Crippen molar-refractivity contribution in [3.63, 3.8) is 0 Å². The predicted molar refractivity (Wildman–Crippen MR) is 106 cm³/mol. The van der Waals surface area contributed by atoms with Gasteiger partial charge in [0.15, 0.2) is 0 Å². The first-order chi connectivity index (χ1) is 13.0. The van der Waals surface area contributed by atoms with Crippen LogP contribution in [0.4, 0.5) is 9.18 Å². The number of rotatable bonds is 8. The third-order valence-electron chi connectivity index (χ3n) is 5.05. The van der Waals surface area contributed by atoms with Crippen molar-refractivity contribution in [3.8, 4) is 0 Å². The molecule has 0 radical (unpaired) electrons. The number of carbonyl (C=O) groups excluding carboxylic acids is 1. The molecule has 2 amide bonds. The quantitative estimate of drug-likeness (QED) is 0.771. The zero-order valence-corrected chi connectivity index (χ0v) is 16.1. The first-order valence-electron chi connectivity index (χ1n) is 9.52. The topological polar surface area (TPSA) is 35.6 Å². The van der Waals surface area contributed by atoms with Crippen LogP contribution in [-0.2, 0) is 13.0 Å². The molecule has 5 heteroatoms. The number of nitrogens with zero attached hydrogens (tertiary/aromatic N) is 2. The monoisotopic (exact) mass is 369 g/mol. The van der Waals surface area contributed by atoms with Gasteiger partial charge in [-0.1, -0.05) is 42.5 Å². The van der Waals surface area contributed by atoms with Crippen molar-refractivity contribution >= 4 is 6.03 Å². The van der Waals surface area contributed by atoms with Gasteiger partial charge in [0.2, 0.25) is 0 Å². The number of halogens is 1. The van der Waals surface area contributed by atoms with Crippen LogP contribution in [0.5, 0.6) is 0 Å². The van der Waals surface area contributed by atoms with Gasteiger partial charge in [-0.3, -0.25) is 0 Å². The normalized spacial score (nSPS) is 14.8. The van der Waals surface area contributed by atoms with Crippen molar-refractivity contribution in [1.29, 1.82) is 0 Å². The van der Waals surface area contributed by atoms with Gasteiger partial charge in [0, 0.05) is 25.2 Å². The van der Waals surface area contributed by atoms with Crippen LogP contribution in [-0.4, -0.2) is 48.6 Å². The lowest BCUT2D eigenvalue weighted by atomic mass is 10.1. The summed E-state index contributed by atoms with van der Waals surface area (Å²) >= 11 is 0. The molecule has 0 saturated heterocycles. The Morgan fingerprint density at radius 2 is 1.74 bits per heavy atom. The molecule has 1 saturated carbocycles. The molecule has 1 aliphatic rings. The number of hydrogen-bond acceptors (Lipinski definition) is 2. The molecule has 0 bridgehead atoms. The van der Waals surface area contributed by atoms with E-state index in [4.69, 9.17) is 0 Å². The van der Waals surface area contributed by atoms with Crippen molar-refractivity contribution in [2.75, 3.05) is 20.6 Å². The van der Waals surface area contributed by atoms with E-state index in [9.17, 15) is 9.18 Å². The molecule has 1 atom stereocenters. The summed E-state index contributed by atoms with van der Waals surface area (Å²) in [4.78, 5) is 16.8. The van der Waals surface area contributed by atoms with Gasteiger partial charge >= 0.3 is 6.03 Å². The number of urea groups is 1. The first kappa shape index (κ1) is 19.4. The number of benzene rings is 2. The zero-order valence-electron chi connectivity index (χ0n) is 16.1. The lowest BCUT2D eigenvalue weighted by Gasteiger charge is -2.28. The van der Waals surface area contributed by atoms with Crippen LogP contribution in [0.1, 0.15) is 24.0 Å². The van der Waals surface area contributed by atoms with Crippen LogP contribution >= 0.6 is 0 Å². The molecule has 2 aromatic rings. The first-order valence-corrected chi connectivity index (χ1v) is 9.52. The molecule has 0 heterocycles. The molecule has 4 nitrogen and oxygen atoms in total. The molecule has 0 aliphatic heterocycles. The lowest BCUT2D eigenvalue weighted by molar-refractivity contribution is 0.186. The van der Waals surface area contributed by atoms with Crippen LogP contribution in [0.15, 0.2) is 54.6 Å². The van der Waals surface area contributed by atoms with Crippen LogP contribution in [0.2, 0.25) is 0 Å². The minimum Gasteiger partial charge on any atom is -0.336 e. The maximum atomic E-state index is 13.1. The average molecular weight is 369 g/mol. The molecule has 1 unspecified atom stereocenters. The Labute approximate surface area is 161 Å². The second kappa shape index (κ2) is 9.00. The molecule has 0 spiro atoms. The Bertz CT molecular complexity index is 729. The molecule has 1 aliphatic carbocycles. The van der Waals surface area contributed by atoms with Gasteiger partial charge in [0.25, 0.3) is 0 Å². The van der Waals surface area contributed by atoms with Gasteiger partial charge in [0.1, 0.15) is 5.82 Å². The highest BCUT2D eigenvalue weighted by Gasteiger charge is 2.32. The maximum Gasteiger partial charge on any atom is 0.318 e. The van der Waals surface area contributed by atoms with E-state index in [0.717, 1.165) is 24.8 Å². The molecule has 1 N–H and O–H groups in total. The SMILES string of the molecule is CN(C)C(CNC(=O)N(Cc1ccc(F)cc1)C1CC1)Cc1ccccc1. The second-order valence-electron chi connectivity index (χ2n) is 7.48. The summed E-state index contributed by atoms with van der Waals surface area (Å²) in [5.41, 5.74) is 2.21. The number of carbonyl (C=O) groups is 1. The van der Waals surface area contributed by atoms with Gasteiger partial charge in [-0.2, -0.15) is 0 Å². The second-order valence-corrected chi connectivity index (χ2v) is 7.48. The Morgan fingerprint density at radius 1 is 1.07 bits per heavy atom. The predicted octanol–water partition coefficient (Wildman–Crippen LogP) is 3.67. The number of hydrogen-bond donors (Lipinski definition) is 1. The van der Waals surface area contributed by atoms with Gasteiger partial charge in [-0.05, 0) is 56.6 Å². The van der Waals surface area contributed by atoms with Gasteiger partial charge < -0.3 is 15.1 Å². The summed E-state index contributed by atoms with van der Waals surface area (Å²) in [5.74, 6) is -0.254. The van der Waals surface area contributed by atoms with E-state index < -0.39 is 0 Å². The summed E-state index contributed by atoms with van der Waals surface area (Å²) in [6.07, 6.45) is 2.96. The average Bonchev–Trinajstić information content (AvgIpc) is 3.50. The fourth-order valence-electron chi connectivity index (χ4n) is 3.17. The Balaban J connectivity index is 1.58. The minimum absolute atomic E-state index is 0.0401. The largest absolute Gasteiger partial charge is 0.336 e. The molecule has 0 aromatic heterocycles. The Kier molecular flexibility index (Phi) is 6.45.